The van der Waals surface area contributed by atoms with Crippen molar-refractivity contribution >= 4 is 27.6 Å². The first kappa shape index (κ1) is 24.7. The lowest BCUT2D eigenvalue weighted by Crippen LogP contribution is -2.28. The molecule has 1 aliphatic rings. The summed E-state index contributed by atoms with van der Waals surface area (Å²) in [5, 5.41) is 2.83. The summed E-state index contributed by atoms with van der Waals surface area (Å²) in [5.41, 5.74) is 2.20. The summed E-state index contributed by atoms with van der Waals surface area (Å²) in [6, 6.07) is 9.82. The van der Waals surface area contributed by atoms with Crippen LogP contribution in [0.25, 0.3) is 0 Å². The lowest BCUT2D eigenvalue weighted by atomic mass is 10.1. The van der Waals surface area contributed by atoms with E-state index in [-0.39, 0.29) is 23.8 Å². The highest BCUT2D eigenvalue weighted by molar-refractivity contribution is 7.89. The third-order valence-corrected chi connectivity index (χ3v) is 7.57. The van der Waals surface area contributed by atoms with E-state index in [2.05, 4.69) is 5.32 Å². The molecule has 8 nitrogen and oxygen atoms in total. The smallest absolute Gasteiger partial charge is 0.338 e. The number of carbonyl (C=O) groups is 2. The predicted molar refractivity (Wildman–Crippen MR) is 125 cm³/mol. The van der Waals surface area contributed by atoms with E-state index in [1.807, 2.05) is 0 Å². The number of ether oxygens (including phenoxy) is 2. The van der Waals surface area contributed by atoms with Crippen LogP contribution >= 0.6 is 0 Å². The van der Waals surface area contributed by atoms with Crippen LogP contribution in [0.2, 0.25) is 0 Å². The number of carbonyl (C=O) groups excluding carboxylic acids is 2. The van der Waals surface area contributed by atoms with Crippen molar-refractivity contribution in [1.82, 2.24) is 4.31 Å². The van der Waals surface area contributed by atoms with Crippen LogP contribution in [-0.2, 0) is 26.0 Å². The van der Waals surface area contributed by atoms with Crippen molar-refractivity contribution in [3.63, 3.8) is 0 Å². The zero-order valence-electron chi connectivity index (χ0n) is 19.2. The van der Waals surface area contributed by atoms with Crippen molar-refractivity contribution in [1.29, 1.82) is 0 Å². The fourth-order valence-electron chi connectivity index (χ4n) is 3.85. The van der Waals surface area contributed by atoms with E-state index in [4.69, 9.17) is 9.47 Å². The molecule has 0 saturated carbocycles. The molecule has 3 rings (SSSR count). The molecule has 1 aliphatic heterocycles. The molecule has 0 aromatic heterocycles. The van der Waals surface area contributed by atoms with Crippen LogP contribution < -0.4 is 10.1 Å². The van der Waals surface area contributed by atoms with Crippen LogP contribution in [0.4, 0.5) is 5.69 Å². The molecule has 9 heteroatoms. The molecule has 1 heterocycles. The Morgan fingerprint density at radius 3 is 2.52 bits per heavy atom. The number of amides is 1. The van der Waals surface area contributed by atoms with Gasteiger partial charge in [-0.25, -0.2) is 13.2 Å². The number of esters is 1. The van der Waals surface area contributed by atoms with E-state index in [0.717, 1.165) is 12.8 Å². The first-order valence-electron chi connectivity index (χ1n) is 11.0. The van der Waals surface area contributed by atoms with Gasteiger partial charge in [-0.05, 0) is 74.6 Å². The summed E-state index contributed by atoms with van der Waals surface area (Å²) >= 11 is 0. The minimum absolute atomic E-state index is 0.118. The van der Waals surface area contributed by atoms with Gasteiger partial charge in [0.05, 0.1) is 24.2 Å². The van der Waals surface area contributed by atoms with Gasteiger partial charge in [-0.1, -0.05) is 6.07 Å². The number of rotatable bonds is 9. The molecular formula is C24H30N2O6S. The van der Waals surface area contributed by atoms with Gasteiger partial charge in [-0.15, -0.1) is 0 Å². The summed E-state index contributed by atoms with van der Waals surface area (Å²) in [7, 11) is -2.05. The molecule has 2 aromatic rings. The van der Waals surface area contributed by atoms with Crippen molar-refractivity contribution in [2.75, 3.05) is 32.1 Å². The second kappa shape index (κ2) is 10.8. The molecule has 0 atom stereocenters. The highest BCUT2D eigenvalue weighted by Crippen LogP contribution is 2.28. The van der Waals surface area contributed by atoms with Gasteiger partial charge in [0.25, 0.3) is 0 Å². The van der Waals surface area contributed by atoms with Gasteiger partial charge in [-0.2, -0.15) is 4.31 Å². The Labute approximate surface area is 194 Å². The number of nitrogens with one attached hydrogen (secondary N) is 1. The van der Waals surface area contributed by atoms with Crippen molar-refractivity contribution in [2.24, 2.45) is 0 Å². The lowest BCUT2D eigenvalue weighted by molar-refractivity contribution is -0.116. The fraction of sp³-hybridized carbons (Fsp3) is 0.417. The minimum atomic E-state index is -3.56. The van der Waals surface area contributed by atoms with Gasteiger partial charge in [-0.3, -0.25) is 4.79 Å². The number of aryl methyl sites for hydroxylation is 1. The van der Waals surface area contributed by atoms with E-state index < -0.39 is 16.0 Å². The number of nitrogens with zero attached hydrogens (tertiary/aromatic N) is 1. The van der Waals surface area contributed by atoms with Crippen LogP contribution in [0.3, 0.4) is 0 Å². The van der Waals surface area contributed by atoms with Crippen molar-refractivity contribution in [2.45, 2.75) is 44.4 Å². The fourth-order valence-corrected chi connectivity index (χ4v) is 5.42. The van der Waals surface area contributed by atoms with Crippen molar-refractivity contribution in [3.05, 3.63) is 53.1 Å². The average Bonchev–Trinajstić information content (AvgIpc) is 3.35. The summed E-state index contributed by atoms with van der Waals surface area (Å²) in [6.45, 7) is 4.80. The maximum atomic E-state index is 12.9. The van der Waals surface area contributed by atoms with Crippen LogP contribution in [0, 0.1) is 6.92 Å². The molecule has 0 unspecified atom stereocenters. The maximum Gasteiger partial charge on any atom is 0.338 e. The number of hydrogen-bond acceptors (Lipinski definition) is 6. The molecule has 1 fully saturated rings. The Balaban J connectivity index is 1.72. The molecule has 1 N–H and O–H groups in total. The van der Waals surface area contributed by atoms with E-state index in [9.17, 15) is 18.0 Å². The van der Waals surface area contributed by atoms with Crippen LogP contribution in [0.5, 0.6) is 5.75 Å². The number of sulfonamides is 1. The third kappa shape index (κ3) is 5.72. The molecular weight excluding hydrogens is 444 g/mol. The quantitative estimate of drug-likeness (QED) is 0.558. The third-order valence-electron chi connectivity index (χ3n) is 5.68. The number of benzene rings is 2. The van der Waals surface area contributed by atoms with Crippen molar-refractivity contribution in [3.8, 4) is 5.75 Å². The summed E-state index contributed by atoms with van der Waals surface area (Å²) in [4.78, 5) is 24.9. The number of hydrogen-bond donors (Lipinski definition) is 1. The zero-order chi connectivity index (χ0) is 24.0. The molecule has 178 valence electrons. The summed E-state index contributed by atoms with van der Waals surface area (Å²) in [6.07, 6.45) is 2.14. The van der Waals surface area contributed by atoms with Gasteiger partial charge in [0.15, 0.2) is 0 Å². The standard InChI is InChI=1S/C24H30N2O6S/c1-4-32-24(28)20-8-7-9-21(17(20)2)25-23(27)13-10-18-16-19(11-12-22(18)31-3)33(29,30)26-14-5-6-15-26/h7-9,11-12,16H,4-6,10,13-15H2,1-3H3,(H,25,27). The molecule has 2 aromatic carbocycles. The lowest BCUT2D eigenvalue weighted by Gasteiger charge is -2.17. The zero-order valence-corrected chi connectivity index (χ0v) is 20.0. The Kier molecular flexibility index (Phi) is 8.10. The second-order valence-electron chi connectivity index (χ2n) is 7.83. The minimum Gasteiger partial charge on any atom is -0.496 e. The maximum absolute atomic E-state index is 12.9. The van der Waals surface area contributed by atoms with Gasteiger partial charge in [0.1, 0.15) is 5.75 Å². The predicted octanol–water partition coefficient (Wildman–Crippen LogP) is 3.54. The van der Waals surface area contributed by atoms with Gasteiger partial charge in [0.2, 0.25) is 15.9 Å². The van der Waals surface area contributed by atoms with Crippen LogP contribution in [-0.4, -0.2) is 51.4 Å². The van der Waals surface area contributed by atoms with Gasteiger partial charge < -0.3 is 14.8 Å². The second-order valence-corrected chi connectivity index (χ2v) is 9.77. The number of methoxy groups -OCH3 is 1. The largest absolute Gasteiger partial charge is 0.496 e. The topological polar surface area (TPSA) is 102 Å². The molecule has 1 amide bonds. The summed E-state index contributed by atoms with van der Waals surface area (Å²) < 4.78 is 37.7. The van der Waals surface area contributed by atoms with Crippen molar-refractivity contribution < 1.29 is 27.5 Å². The Morgan fingerprint density at radius 1 is 1.12 bits per heavy atom. The van der Waals surface area contributed by atoms with E-state index in [1.165, 1.54) is 11.4 Å². The summed E-state index contributed by atoms with van der Waals surface area (Å²) in [5.74, 6) is -0.163. The molecule has 0 radical (unpaired) electrons. The molecule has 0 bridgehead atoms. The highest BCUT2D eigenvalue weighted by Gasteiger charge is 2.28. The first-order valence-corrected chi connectivity index (χ1v) is 12.5. The van der Waals surface area contributed by atoms with Gasteiger partial charge in [0, 0.05) is 25.2 Å². The molecule has 1 saturated heterocycles. The van der Waals surface area contributed by atoms with E-state index >= 15 is 0 Å². The monoisotopic (exact) mass is 474 g/mol. The Morgan fingerprint density at radius 2 is 1.85 bits per heavy atom. The highest BCUT2D eigenvalue weighted by atomic mass is 32.2. The normalized spacial score (nSPS) is 14.2. The van der Waals surface area contributed by atoms with Crippen LogP contribution in [0.1, 0.15) is 47.7 Å². The average molecular weight is 475 g/mol. The SMILES string of the molecule is CCOC(=O)c1cccc(NC(=O)CCc2cc(S(=O)(=O)N3CCCC3)ccc2OC)c1C. The Hall–Kier alpha value is -2.91. The Bertz CT molecular complexity index is 1120. The van der Waals surface area contributed by atoms with Crippen LogP contribution in [0.15, 0.2) is 41.3 Å². The molecule has 0 spiro atoms. The number of anilines is 1. The molecule has 33 heavy (non-hydrogen) atoms. The molecule has 0 aliphatic carbocycles. The first-order chi connectivity index (χ1) is 15.8. The van der Waals surface area contributed by atoms with E-state index in [0.29, 0.717) is 47.6 Å². The van der Waals surface area contributed by atoms with E-state index in [1.54, 1.807) is 50.2 Å². The van der Waals surface area contributed by atoms with Gasteiger partial charge >= 0.3 is 5.97 Å².